The zero-order chi connectivity index (χ0) is 27.6. The average Bonchev–Trinajstić information content (AvgIpc) is 3.42. The summed E-state index contributed by atoms with van der Waals surface area (Å²) in [6.07, 6.45) is 4.93. The summed E-state index contributed by atoms with van der Waals surface area (Å²) in [5.41, 5.74) is 6.37. The van der Waals surface area contributed by atoms with Gasteiger partial charge in [-0.05, 0) is 18.2 Å². The number of hydrogen-bond donors (Lipinski definition) is 2. The lowest BCUT2D eigenvalue weighted by Crippen LogP contribution is -2.36. The predicted molar refractivity (Wildman–Crippen MR) is 155 cm³/mol. The summed E-state index contributed by atoms with van der Waals surface area (Å²) in [5.74, 6) is 1.26. The van der Waals surface area contributed by atoms with Gasteiger partial charge in [-0.1, -0.05) is 24.8 Å². The fraction of sp³-hybridized carbons (Fsp3) is 0.241. The Morgan fingerprint density at radius 3 is 2.75 bits per heavy atom. The van der Waals surface area contributed by atoms with Crippen molar-refractivity contribution in [2.24, 2.45) is 0 Å². The van der Waals surface area contributed by atoms with Crippen LogP contribution in [0.25, 0.3) is 17.1 Å². The van der Waals surface area contributed by atoms with Gasteiger partial charge in [0.15, 0.2) is 5.82 Å². The number of ether oxygens (including phenoxy) is 2. The number of anilines is 5. The van der Waals surface area contributed by atoms with Crippen molar-refractivity contribution in [2.45, 2.75) is 6.54 Å². The van der Waals surface area contributed by atoms with E-state index in [0.717, 1.165) is 34.7 Å². The van der Waals surface area contributed by atoms with E-state index in [9.17, 15) is 4.79 Å². The Labute approximate surface area is 232 Å². The number of morpholine rings is 1. The smallest absolute Gasteiger partial charge is 0.247 e. The number of carbonyl (C=O) groups excluding carboxylic acids is 1. The first kappa shape index (κ1) is 25.4. The number of para-hydroxylation sites is 1. The van der Waals surface area contributed by atoms with Crippen LogP contribution in [0.5, 0.6) is 5.75 Å². The second-order valence-electron chi connectivity index (χ2n) is 9.55. The van der Waals surface area contributed by atoms with Crippen molar-refractivity contribution in [3.8, 4) is 22.8 Å². The fourth-order valence-corrected chi connectivity index (χ4v) is 5.06. The van der Waals surface area contributed by atoms with Crippen molar-refractivity contribution >= 4 is 34.6 Å². The first-order valence-electron chi connectivity index (χ1n) is 13.0. The molecule has 40 heavy (non-hydrogen) atoms. The summed E-state index contributed by atoms with van der Waals surface area (Å²) in [6, 6.07) is 13.8. The van der Waals surface area contributed by atoms with E-state index in [0.29, 0.717) is 55.2 Å². The average molecular weight is 539 g/mol. The highest BCUT2D eigenvalue weighted by molar-refractivity contribution is 6.02. The third-order valence-electron chi connectivity index (χ3n) is 7.00. The molecule has 0 radical (unpaired) electrons. The van der Waals surface area contributed by atoms with E-state index in [4.69, 9.17) is 19.6 Å². The molecule has 2 aliphatic heterocycles. The predicted octanol–water partition coefficient (Wildman–Crippen LogP) is 3.99. The molecule has 2 aliphatic rings. The number of methoxy groups -OCH3 is 1. The summed E-state index contributed by atoms with van der Waals surface area (Å²) in [4.78, 5) is 25.8. The van der Waals surface area contributed by atoms with Crippen LogP contribution in [0.2, 0.25) is 0 Å². The minimum absolute atomic E-state index is 0.307. The molecule has 4 heterocycles. The van der Waals surface area contributed by atoms with E-state index < -0.39 is 0 Å². The Bertz CT molecular complexity index is 1580. The SMILES string of the molecule is C=CC(=O)Nc1cc(Nc2nccc(-n3cc4c(n3)-c3ccccc3N(C)C4)n2)c(OC)cc1N1CCOCC1. The summed E-state index contributed by atoms with van der Waals surface area (Å²) >= 11 is 0. The third-order valence-corrected chi connectivity index (χ3v) is 7.00. The Kier molecular flexibility index (Phi) is 6.79. The Morgan fingerprint density at radius 1 is 1.12 bits per heavy atom. The molecule has 0 unspecified atom stereocenters. The van der Waals surface area contributed by atoms with Gasteiger partial charge in [0.05, 0.1) is 43.1 Å². The van der Waals surface area contributed by atoms with Crippen LogP contribution in [0.15, 0.2) is 67.5 Å². The van der Waals surface area contributed by atoms with Gasteiger partial charge in [-0.3, -0.25) is 4.79 Å². The summed E-state index contributed by atoms with van der Waals surface area (Å²) in [5, 5.41) is 11.1. The van der Waals surface area contributed by atoms with Crippen molar-refractivity contribution in [2.75, 3.05) is 60.9 Å². The molecule has 2 aromatic carbocycles. The van der Waals surface area contributed by atoms with Crippen molar-refractivity contribution in [1.29, 1.82) is 0 Å². The van der Waals surface area contributed by atoms with Crippen molar-refractivity contribution in [3.05, 3.63) is 73.1 Å². The number of fused-ring (bicyclic) bond motifs is 3. The maximum Gasteiger partial charge on any atom is 0.247 e. The lowest BCUT2D eigenvalue weighted by molar-refractivity contribution is -0.111. The van der Waals surface area contributed by atoms with Crippen LogP contribution in [0.4, 0.5) is 28.7 Å². The highest BCUT2D eigenvalue weighted by atomic mass is 16.5. The number of rotatable bonds is 7. The largest absolute Gasteiger partial charge is 0.494 e. The Morgan fingerprint density at radius 2 is 1.95 bits per heavy atom. The van der Waals surface area contributed by atoms with Crippen LogP contribution in [0.1, 0.15) is 5.56 Å². The van der Waals surface area contributed by atoms with Crippen LogP contribution in [-0.4, -0.2) is 66.1 Å². The molecule has 4 aromatic rings. The second kappa shape index (κ2) is 10.7. The van der Waals surface area contributed by atoms with Gasteiger partial charge in [-0.25, -0.2) is 9.67 Å². The number of hydrogen-bond acceptors (Lipinski definition) is 9. The molecule has 0 aliphatic carbocycles. The zero-order valence-corrected chi connectivity index (χ0v) is 22.4. The maximum atomic E-state index is 12.3. The number of amides is 1. The lowest BCUT2D eigenvalue weighted by atomic mass is 10.0. The van der Waals surface area contributed by atoms with Crippen molar-refractivity contribution in [1.82, 2.24) is 19.7 Å². The minimum atomic E-state index is -0.307. The Hall–Kier alpha value is -4.90. The molecule has 1 fully saturated rings. The van der Waals surface area contributed by atoms with Crippen LogP contribution in [0.3, 0.4) is 0 Å². The van der Waals surface area contributed by atoms with E-state index in [1.54, 1.807) is 18.0 Å². The molecule has 2 N–H and O–H groups in total. The first-order chi connectivity index (χ1) is 19.5. The summed E-state index contributed by atoms with van der Waals surface area (Å²) in [7, 11) is 3.68. The molecule has 0 spiro atoms. The van der Waals surface area contributed by atoms with E-state index >= 15 is 0 Å². The van der Waals surface area contributed by atoms with Gasteiger partial charge >= 0.3 is 0 Å². The third kappa shape index (κ3) is 4.82. The topological polar surface area (TPSA) is 110 Å². The molecule has 11 heteroatoms. The van der Waals surface area contributed by atoms with Crippen molar-refractivity contribution < 1.29 is 14.3 Å². The molecule has 1 amide bonds. The van der Waals surface area contributed by atoms with E-state index in [1.807, 2.05) is 36.5 Å². The molecule has 2 aromatic heterocycles. The van der Waals surface area contributed by atoms with Crippen LogP contribution in [-0.2, 0) is 16.1 Å². The zero-order valence-electron chi connectivity index (χ0n) is 22.4. The normalized spacial score (nSPS) is 14.2. The van der Waals surface area contributed by atoms with E-state index in [1.165, 1.54) is 6.08 Å². The quantitative estimate of drug-likeness (QED) is 0.338. The van der Waals surface area contributed by atoms with Gasteiger partial charge in [0, 0.05) is 68.0 Å². The van der Waals surface area contributed by atoms with E-state index in [-0.39, 0.29) is 5.91 Å². The number of carbonyl (C=O) groups is 1. The highest BCUT2D eigenvalue weighted by Gasteiger charge is 2.24. The van der Waals surface area contributed by atoms with Crippen LogP contribution < -0.4 is 25.2 Å². The lowest BCUT2D eigenvalue weighted by Gasteiger charge is -2.31. The molecule has 6 rings (SSSR count). The summed E-state index contributed by atoms with van der Waals surface area (Å²) in [6.45, 7) is 6.96. The number of benzene rings is 2. The fourth-order valence-electron chi connectivity index (χ4n) is 5.06. The van der Waals surface area contributed by atoms with Crippen molar-refractivity contribution in [3.63, 3.8) is 0 Å². The van der Waals surface area contributed by atoms with E-state index in [2.05, 4.69) is 51.2 Å². The maximum absolute atomic E-state index is 12.3. The monoisotopic (exact) mass is 538 g/mol. The van der Waals surface area contributed by atoms with Gasteiger partial charge < -0.3 is 29.9 Å². The van der Waals surface area contributed by atoms with Gasteiger partial charge in [0.25, 0.3) is 0 Å². The second-order valence-corrected chi connectivity index (χ2v) is 9.55. The molecular formula is C29H30N8O3. The molecule has 1 saturated heterocycles. The van der Waals surface area contributed by atoms with Crippen LogP contribution in [0, 0.1) is 0 Å². The molecule has 0 saturated carbocycles. The first-order valence-corrected chi connectivity index (χ1v) is 13.0. The summed E-state index contributed by atoms with van der Waals surface area (Å²) < 4.78 is 13.0. The molecule has 204 valence electrons. The standard InChI is InChI=1S/C29H30N8O3/c1-4-27(38)31-21-15-22(25(39-3)16-24(21)36-11-13-40-14-12-36)32-29-30-10-9-26(33-29)37-18-19-17-35(2)23-8-6-5-7-20(23)28(19)34-37/h4-10,15-16,18H,1,11-14,17H2,2-3H3,(H,31,38)(H,30,32,33). The molecule has 0 atom stereocenters. The number of nitrogens with one attached hydrogen (secondary N) is 2. The number of aromatic nitrogens is 4. The molecule has 0 bridgehead atoms. The Balaban J connectivity index is 1.33. The van der Waals surface area contributed by atoms with Gasteiger partial charge in [0.2, 0.25) is 11.9 Å². The van der Waals surface area contributed by atoms with Gasteiger partial charge in [-0.15, -0.1) is 0 Å². The molecular weight excluding hydrogens is 508 g/mol. The van der Waals surface area contributed by atoms with Gasteiger partial charge in [-0.2, -0.15) is 10.1 Å². The van der Waals surface area contributed by atoms with Gasteiger partial charge in [0.1, 0.15) is 5.75 Å². The van der Waals surface area contributed by atoms with Crippen LogP contribution >= 0.6 is 0 Å². The minimum Gasteiger partial charge on any atom is -0.494 e. The number of nitrogens with zero attached hydrogens (tertiary/aromatic N) is 6. The molecule has 11 nitrogen and oxygen atoms in total. The highest BCUT2D eigenvalue weighted by Crippen LogP contribution is 2.39.